The summed E-state index contributed by atoms with van der Waals surface area (Å²) in [5, 5.41) is 8.63. The summed E-state index contributed by atoms with van der Waals surface area (Å²) in [6.07, 6.45) is -5.22. The lowest BCUT2D eigenvalue weighted by Gasteiger charge is -2.09. The average molecular weight is 246 g/mol. The minimum Gasteiger partial charge on any atom is -0.380 e. The Morgan fingerprint density at radius 2 is 1.88 bits per heavy atom. The van der Waals surface area contributed by atoms with Crippen molar-refractivity contribution in [2.24, 2.45) is 0 Å². The van der Waals surface area contributed by atoms with E-state index in [0.29, 0.717) is 12.7 Å². The zero-order chi connectivity index (χ0) is 12.7. The molecule has 0 saturated heterocycles. The molecule has 0 aliphatic heterocycles. The first-order valence-corrected chi connectivity index (χ1v) is 5.03. The number of aliphatic hydroxyl groups excluding tert-OH is 1. The van der Waals surface area contributed by atoms with Gasteiger partial charge in [0.15, 0.2) is 6.10 Å². The summed E-state index contributed by atoms with van der Waals surface area (Å²) in [6, 6.07) is 9.27. The van der Waals surface area contributed by atoms with Gasteiger partial charge in [0.2, 0.25) is 0 Å². The Bertz CT molecular complexity index is 347. The van der Waals surface area contributed by atoms with Crippen LogP contribution in [-0.4, -0.2) is 24.0 Å². The lowest BCUT2D eigenvalue weighted by molar-refractivity contribution is -0.187. The van der Waals surface area contributed by atoms with Gasteiger partial charge in [0.1, 0.15) is 0 Å². The van der Waals surface area contributed by atoms with E-state index >= 15 is 0 Å². The monoisotopic (exact) mass is 246 g/mol. The summed E-state index contributed by atoms with van der Waals surface area (Å²) in [5.74, 6) is 0. The van der Waals surface area contributed by atoms with Crippen molar-refractivity contribution in [1.82, 2.24) is 0 Å². The third-order valence-corrected chi connectivity index (χ3v) is 1.98. The van der Waals surface area contributed by atoms with Crippen molar-refractivity contribution < 1.29 is 23.0 Å². The smallest absolute Gasteiger partial charge is 0.380 e. The van der Waals surface area contributed by atoms with Gasteiger partial charge in [-0.1, -0.05) is 36.4 Å². The highest BCUT2D eigenvalue weighted by Gasteiger charge is 2.35. The van der Waals surface area contributed by atoms with Gasteiger partial charge in [0.25, 0.3) is 0 Å². The van der Waals surface area contributed by atoms with Crippen molar-refractivity contribution in [3.05, 3.63) is 48.0 Å². The Balaban J connectivity index is 2.23. The molecule has 94 valence electrons. The quantitative estimate of drug-likeness (QED) is 0.639. The highest BCUT2D eigenvalue weighted by Crippen LogP contribution is 2.20. The largest absolute Gasteiger partial charge is 0.417 e. The van der Waals surface area contributed by atoms with Crippen LogP contribution in [0.15, 0.2) is 42.5 Å². The topological polar surface area (TPSA) is 29.5 Å². The fraction of sp³-hybridized carbons (Fsp3) is 0.333. The van der Waals surface area contributed by atoms with E-state index in [1.807, 2.05) is 30.3 Å². The van der Waals surface area contributed by atoms with Crippen LogP contribution in [0.3, 0.4) is 0 Å². The van der Waals surface area contributed by atoms with E-state index in [1.165, 1.54) is 0 Å². The van der Waals surface area contributed by atoms with E-state index in [1.54, 1.807) is 0 Å². The van der Waals surface area contributed by atoms with Crippen molar-refractivity contribution in [3.8, 4) is 0 Å². The highest BCUT2D eigenvalue weighted by molar-refractivity contribution is 5.13. The van der Waals surface area contributed by atoms with E-state index in [-0.39, 0.29) is 6.61 Å². The lowest BCUT2D eigenvalue weighted by atomic mass is 10.2. The van der Waals surface area contributed by atoms with Crippen LogP contribution in [0.4, 0.5) is 13.2 Å². The standard InChI is InChI=1S/C12H13F3O2/c13-12(14,15)11(16)7-4-8-17-9-10-5-2-1-3-6-10/h1-7,11,16H,8-9H2/b7-4+/t11-/m1/s1. The summed E-state index contributed by atoms with van der Waals surface area (Å²) in [7, 11) is 0. The first-order valence-electron chi connectivity index (χ1n) is 5.03. The van der Waals surface area contributed by atoms with Gasteiger partial charge in [-0.25, -0.2) is 0 Å². The van der Waals surface area contributed by atoms with Gasteiger partial charge < -0.3 is 9.84 Å². The summed E-state index contributed by atoms with van der Waals surface area (Å²) >= 11 is 0. The van der Waals surface area contributed by atoms with Gasteiger partial charge in [-0.05, 0) is 11.6 Å². The average Bonchev–Trinajstić information content (AvgIpc) is 2.28. The SMILES string of the molecule is O[C@H](/C=C/COCc1ccccc1)C(F)(F)F. The minimum atomic E-state index is -4.62. The molecule has 2 nitrogen and oxygen atoms in total. The van der Waals surface area contributed by atoms with Gasteiger partial charge in [0.05, 0.1) is 13.2 Å². The predicted molar refractivity (Wildman–Crippen MR) is 57.3 cm³/mol. The van der Waals surface area contributed by atoms with Crippen LogP contribution >= 0.6 is 0 Å². The number of hydrogen-bond donors (Lipinski definition) is 1. The summed E-state index contributed by atoms with van der Waals surface area (Å²) in [6.45, 7) is 0.356. The Labute approximate surface area is 97.3 Å². The third-order valence-electron chi connectivity index (χ3n) is 1.98. The molecule has 0 heterocycles. The van der Waals surface area contributed by atoms with Crippen molar-refractivity contribution >= 4 is 0 Å². The fourth-order valence-corrected chi connectivity index (χ4v) is 1.11. The number of hydrogen-bond acceptors (Lipinski definition) is 2. The molecule has 0 fully saturated rings. The number of benzene rings is 1. The highest BCUT2D eigenvalue weighted by atomic mass is 19.4. The van der Waals surface area contributed by atoms with Gasteiger partial charge in [-0.2, -0.15) is 13.2 Å². The van der Waals surface area contributed by atoms with E-state index in [0.717, 1.165) is 11.6 Å². The molecule has 0 aromatic heterocycles. The van der Waals surface area contributed by atoms with Crippen LogP contribution in [0, 0.1) is 0 Å². The van der Waals surface area contributed by atoms with Crippen LogP contribution in [0.2, 0.25) is 0 Å². The normalized spacial score (nSPS) is 14.1. The molecule has 1 rings (SSSR count). The van der Waals surface area contributed by atoms with Gasteiger partial charge >= 0.3 is 6.18 Å². The molecular weight excluding hydrogens is 233 g/mol. The molecule has 0 radical (unpaired) electrons. The second kappa shape index (κ2) is 6.42. The number of ether oxygens (including phenoxy) is 1. The lowest BCUT2D eigenvalue weighted by Crippen LogP contribution is -2.26. The van der Waals surface area contributed by atoms with Gasteiger partial charge in [-0.3, -0.25) is 0 Å². The second-order valence-corrected chi connectivity index (χ2v) is 3.42. The van der Waals surface area contributed by atoms with E-state index in [2.05, 4.69) is 0 Å². The molecule has 5 heteroatoms. The minimum absolute atomic E-state index is 0.0298. The van der Waals surface area contributed by atoms with Gasteiger partial charge in [-0.15, -0.1) is 0 Å². The first kappa shape index (κ1) is 13.7. The molecule has 0 aliphatic rings. The van der Waals surface area contributed by atoms with Crippen molar-refractivity contribution in [2.45, 2.75) is 18.9 Å². The Kier molecular flexibility index (Phi) is 5.18. The Morgan fingerprint density at radius 3 is 2.47 bits per heavy atom. The van der Waals surface area contributed by atoms with E-state index in [9.17, 15) is 13.2 Å². The predicted octanol–water partition coefficient (Wildman–Crippen LogP) is 2.68. The molecule has 0 amide bonds. The zero-order valence-corrected chi connectivity index (χ0v) is 9.02. The molecule has 1 aromatic rings. The van der Waals surface area contributed by atoms with Crippen LogP contribution in [0.1, 0.15) is 5.56 Å². The van der Waals surface area contributed by atoms with Crippen LogP contribution in [0.25, 0.3) is 0 Å². The number of halogens is 3. The maximum Gasteiger partial charge on any atom is 0.417 e. The van der Waals surface area contributed by atoms with Crippen molar-refractivity contribution in [3.63, 3.8) is 0 Å². The molecular formula is C12H13F3O2. The van der Waals surface area contributed by atoms with Crippen molar-refractivity contribution in [2.75, 3.05) is 6.61 Å². The molecule has 0 spiro atoms. The van der Waals surface area contributed by atoms with E-state index in [4.69, 9.17) is 9.84 Å². The third kappa shape index (κ3) is 5.51. The van der Waals surface area contributed by atoms with Crippen LogP contribution in [0.5, 0.6) is 0 Å². The van der Waals surface area contributed by atoms with Crippen LogP contribution < -0.4 is 0 Å². The number of rotatable bonds is 5. The molecule has 0 unspecified atom stereocenters. The molecule has 0 saturated carbocycles. The zero-order valence-electron chi connectivity index (χ0n) is 9.02. The molecule has 1 atom stereocenters. The van der Waals surface area contributed by atoms with Crippen LogP contribution in [-0.2, 0) is 11.3 Å². The second-order valence-electron chi connectivity index (χ2n) is 3.42. The van der Waals surface area contributed by atoms with E-state index < -0.39 is 12.3 Å². The Hall–Kier alpha value is -1.33. The number of alkyl halides is 3. The maximum atomic E-state index is 11.9. The van der Waals surface area contributed by atoms with Crippen molar-refractivity contribution in [1.29, 1.82) is 0 Å². The summed E-state index contributed by atoms with van der Waals surface area (Å²) in [4.78, 5) is 0. The number of aliphatic hydroxyl groups is 1. The summed E-state index contributed by atoms with van der Waals surface area (Å²) < 4.78 is 40.8. The molecule has 0 aliphatic carbocycles. The first-order chi connectivity index (χ1) is 8.00. The fourth-order valence-electron chi connectivity index (χ4n) is 1.11. The molecule has 1 aromatic carbocycles. The Morgan fingerprint density at radius 1 is 1.24 bits per heavy atom. The van der Waals surface area contributed by atoms with Gasteiger partial charge in [0, 0.05) is 0 Å². The molecule has 0 bridgehead atoms. The molecule has 1 N–H and O–H groups in total. The molecule has 17 heavy (non-hydrogen) atoms. The summed E-state index contributed by atoms with van der Waals surface area (Å²) in [5.41, 5.74) is 0.942. The maximum absolute atomic E-state index is 11.9.